The lowest BCUT2D eigenvalue weighted by Crippen LogP contribution is -2.15. The molecule has 8 bridgehead atoms. The lowest BCUT2D eigenvalue weighted by atomic mass is 10.4. The van der Waals surface area contributed by atoms with Gasteiger partial charge in [-0.1, -0.05) is 0 Å². The van der Waals surface area contributed by atoms with E-state index in [0.29, 0.717) is 51.6 Å². The minimum Gasteiger partial charge on any atom is -0.395 e. The molecule has 3 aromatic rings. The van der Waals surface area contributed by atoms with Crippen molar-refractivity contribution in [2.75, 3.05) is 49.4 Å². The van der Waals surface area contributed by atoms with E-state index in [4.69, 9.17) is 29.9 Å². The Balaban J connectivity index is 1.36. The fourth-order valence-corrected chi connectivity index (χ4v) is 15.6. The maximum atomic E-state index is 10.1. The summed E-state index contributed by atoms with van der Waals surface area (Å²) in [7, 11) is 0. The molecule has 0 fully saturated rings. The van der Waals surface area contributed by atoms with E-state index in [9.17, 15) is 20.4 Å². The molecule has 20 heteroatoms. The monoisotopic (exact) mass is 794 g/mol. The third-order valence-electron chi connectivity index (χ3n) is 7.87. The standard InChI is InChI=1S/C28H26N8O4S8/c37-1-9-5-41-13-17(45-9)25-29-21(13)34-26-19-15(43-7-11(3-39)47-19)23(31-26)36-28-20-16(44-8-12(4-40)48-20)24(32-28)35-27-18-14(22(30-27)33-25)42-6-10(2-38)46-18/h9-12,37-40H,1-8H2,(H2,29,30,31,32,33,34,35,36). The zero-order valence-corrected chi connectivity index (χ0v) is 31.2. The molecule has 9 rings (SSSR count). The highest BCUT2D eigenvalue weighted by Gasteiger charge is 2.36. The van der Waals surface area contributed by atoms with Crippen LogP contribution in [0.5, 0.6) is 0 Å². The van der Waals surface area contributed by atoms with Crippen LogP contribution in [0.4, 0.5) is 0 Å². The van der Waals surface area contributed by atoms with E-state index in [-0.39, 0.29) is 47.4 Å². The minimum atomic E-state index is -0.000296. The Morgan fingerprint density at radius 1 is 0.417 bits per heavy atom. The van der Waals surface area contributed by atoms with Crippen molar-refractivity contribution in [1.82, 2.24) is 39.9 Å². The number of thioether (sulfide) groups is 8. The molecule has 4 atom stereocenters. The predicted molar refractivity (Wildman–Crippen MR) is 203 cm³/mol. The number of H-pyrrole nitrogens is 2. The third kappa shape index (κ3) is 5.75. The summed E-state index contributed by atoms with van der Waals surface area (Å²) in [5.74, 6) is 5.00. The molecule has 12 nitrogen and oxygen atoms in total. The fraction of sp³-hybridized carbons (Fsp3) is 0.429. The molecule has 4 unspecified atom stereocenters. The molecule has 250 valence electrons. The Bertz CT molecular complexity index is 2070. The topological polar surface area (TPSA) is 190 Å². The second-order valence-corrected chi connectivity index (χ2v) is 20.5. The van der Waals surface area contributed by atoms with Gasteiger partial charge in [-0.3, -0.25) is 0 Å². The summed E-state index contributed by atoms with van der Waals surface area (Å²) in [6.45, 7) is 0.188. The van der Waals surface area contributed by atoms with Crippen LogP contribution in [0, 0.1) is 0 Å². The van der Waals surface area contributed by atoms with Gasteiger partial charge in [-0.25, -0.2) is 29.9 Å². The Kier molecular flexibility index (Phi) is 9.24. The number of aliphatic hydroxyl groups excluding tert-OH is 4. The summed E-state index contributed by atoms with van der Waals surface area (Å²) < 4.78 is 0. The summed E-state index contributed by atoms with van der Waals surface area (Å²) in [4.78, 5) is 44.8. The average molecular weight is 795 g/mol. The zero-order chi connectivity index (χ0) is 32.5. The average Bonchev–Trinajstić information content (AvgIpc) is 3.85. The Labute approximate surface area is 307 Å². The molecule has 6 aliphatic heterocycles. The molecule has 6 N–H and O–H groups in total. The number of aliphatic hydroxyl groups is 4. The number of rotatable bonds is 4. The van der Waals surface area contributed by atoms with Crippen molar-refractivity contribution in [3.05, 3.63) is 23.3 Å². The van der Waals surface area contributed by atoms with Crippen molar-refractivity contribution >= 4 is 136 Å². The van der Waals surface area contributed by atoms with Gasteiger partial charge < -0.3 is 30.4 Å². The molecule has 0 aromatic carbocycles. The van der Waals surface area contributed by atoms with Gasteiger partial charge in [-0.2, -0.15) is 0 Å². The molecule has 0 aliphatic carbocycles. The first-order valence-electron chi connectivity index (χ1n) is 14.9. The number of aromatic amines is 2. The molecular formula is C28H26N8O4S8. The lowest BCUT2D eigenvalue weighted by Gasteiger charge is -2.21. The molecule has 9 heterocycles. The first-order chi connectivity index (χ1) is 23.5. The number of nitrogens with one attached hydrogen (secondary N) is 2. The van der Waals surface area contributed by atoms with Crippen LogP contribution in [0.1, 0.15) is 23.3 Å². The highest BCUT2D eigenvalue weighted by Crippen LogP contribution is 2.53. The molecule has 6 aliphatic rings. The largest absolute Gasteiger partial charge is 0.395 e. The van der Waals surface area contributed by atoms with E-state index >= 15 is 0 Å². The van der Waals surface area contributed by atoms with Gasteiger partial charge in [-0.15, -0.1) is 94.1 Å². The summed E-state index contributed by atoms with van der Waals surface area (Å²) in [6.07, 6.45) is 0. The normalized spacial score (nSPS) is 25.1. The van der Waals surface area contributed by atoms with Crippen LogP contribution >= 0.6 is 94.1 Å². The van der Waals surface area contributed by atoms with E-state index in [1.165, 1.54) is 0 Å². The smallest absolute Gasteiger partial charge is 0.171 e. The summed E-state index contributed by atoms with van der Waals surface area (Å²) >= 11 is 12.9. The van der Waals surface area contributed by atoms with Crippen LogP contribution in [0.25, 0.3) is 42.2 Å². The Morgan fingerprint density at radius 2 is 0.771 bits per heavy atom. The number of hydrogen-bond donors (Lipinski definition) is 6. The molecule has 0 radical (unpaired) electrons. The van der Waals surface area contributed by atoms with Gasteiger partial charge in [0.25, 0.3) is 0 Å². The predicted octanol–water partition coefficient (Wildman–Crippen LogP) is 4.35. The van der Waals surface area contributed by atoms with Crippen LogP contribution in [-0.2, 0) is 0 Å². The van der Waals surface area contributed by atoms with Crippen LogP contribution in [0.15, 0.2) is 19.6 Å². The zero-order valence-electron chi connectivity index (χ0n) is 24.7. The quantitative estimate of drug-likeness (QED) is 0.219. The van der Waals surface area contributed by atoms with Crippen LogP contribution < -0.4 is 0 Å². The molecule has 0 spiro atoms. The summed E-state index contributed by atoms with van der Waals surface area (Å²) in [5.41, 5.74) is 2.58. The van der Waals surface area contributed by atoms with Gasteiger partial charge in [-0.05, 0) is 0 Å². The van der Waals surface area contributed by atoms with Gasteiger partial charge >= 0.3 is 0 Å². The summed E-state index contributed by atoms with van der Waals surface area (Å²) in [6, 6.07) is 0. The van der Waals surface area contributed by atoms with Gasteiger partial charge in [0, 0.05) is 44.0 Å². The highest BCUT2D eigenvalue weighted by atomic mass is 32.2. The molecule has 0 saturated carbocycles. The molecular weight excluding hydrogens is 769 g/mol. The molecule has 0 amide bonds. The maximum absolute atomic E-state index is 10.1. The molecule has 0 saturated heterocycles. The van der Waals surface area contributed by atoms with E-state index in [1.54, 1.807) is 94.1 Å². The number of aromatic nitrogens is 8. The van der Waals surface area contributed by atoms with Crippen molar-refractivity contribution in [3.63, 3.8) is 0 Å². The highest BCUT2D eigenvalue weighted by molar-refractivity contribution is 8.17. The van der Waals surface area contributed by atoms with Crippen LogP contribution in [0.3, 0.4) is 0 Å². The first-order valence-corrected chi connectivity index (χ1v) is 22.4. The lowest BCUT2D eigenvalue weighted by molar-refractivity contribution is 0.300. The van der Waals surface area contributed by atoms with Gasteiger partial charge in [0.05, 0.1) is 65.6 Å². The van der Waals surface area contributed by atoms with Crippen LogP contribution in [0.2, 0.25) is 0 Å². The number of nitrogens with zero attached hydrogens (tertiary/aromatic N) is 6. The number of fused-ring (bicyclic) bond motifs is 18. The van der Waals surface area contributed by atoms with Crippen molar-refractivity contribution in [2.24, 2.45) is 0 Å². The SMILES string of the molecule is OCC1CSC2=C(S1)c1nc3nc(nc4[nH]c(nc5[nH]c(nc2n1)c1c5SCC(CO)S1)c1c4SCC(CO)S1)C1=C3SCC(CO)S1. The minimum absolute atomic E-state index is 0.000296. The van der Waals surface area contributed by atoms with Crippen LogP contribution in [-0.4, -0.2) is 131 Å². The Hall–Kier alpha value is -1.04. The van der Waals surface area contributed by atoms with E-state index in [0.717, 1.165) is 56.5 Å². The number of hydrogen-bond acceptors (Lipinski definition) is 18. The van der Waals surface area contributed by atoms with E-state index in [2.05, 4.69) is 9.97 Å². The molecule has 3 aromatic heterocycles. The van der Waals surface area contributed by atoms with Crippen molar-refractivity contribution < 1.29 is 20.4 Å². The molecule has 48 heavy (non-hydrogen) atoms. The maximum Gasteiger partial charge on any atom is 0.171 e. The first kappa shape index (κ1) is 32.8. The summed E-state index contributed by atoms with van der Waals surface area (Å²) in [5, 5.41) is 40.3. The van der Waals surface area contributed by atoms with Gasteiger partial charge in [0.1, 0.15) is 22.6 Å². The van der Waals surface area contributed by atoms with Crippen molar-refractivity contribution in [2.45, 2.75) is 40.6 Å². The van der Waals surface area contributed by atoms with E-state index < -0.39 is 0 Å². The van der Waals surface area contributed by atoms with Gasteiger partial charge in [0.15, 0.2) is 23.3 Å². The van der Waals surface area contributed by atoms with E-state index in [1.807, 2.05) is 0 Å². The van der Waals surface area contributed by atoms with Crippen molar-refractivity contribution in [3.8, 4) is 0 Å². The fourth-order valence-electron chi connectivity index (χ4n) is 5.56. The second-order valence-electron chi connectivity index (χ2n) is 11.2. The second kappa shape index (κ2) is 13.5. The van der Waals surface area contributed by atoms with Crippen molar-refractivity contribution in [1.29, 1.82) is 0 Å². The third-order valence-corrected chi connectivity index (χ3v) is 19.3. The Morgan fingerprint density at radius 3 is 1.27 bits per heavy atom. The van der Waals surface area contributed by atoms with Gasteiger partial charge in [0.2, 0.25) is 0 Å².